The average Bonchev–Trinajstić information content (AvgIpc) is 2.49. The van der Waals surface area contributed by atoms with Crippen LogP contribution < -0.4 is 10.6 Å². The molecule has 1 saturated heterocycles. The van der Waals surface area contributed by atoms with Crippen molar-refractivity contribution < 1.29 is 4.74 Å². The van der Waals surface area contributed by atoms with Crippen molar-refractivity contribution in [2.24, 2.45) is 4.99 Å². The maximum absolute atomic E-state index is 5.36. The zero-order valence-electron chi connectivity index (χ0n) is 14.2. The molecule has 0 aromatic heterocycles. The van der Waals surface area contributed by atoms with Gasteiger partial charge in [0.15, 0.2) is 5.96 Å². The molecule has 0 aromatic carbocycles. The molecule has 1 atom stereocenters. The van der Waals surface area contributed by atoms with Gasteiger partial charge in [0.1, 0.15) is 0 Å². The number of unbranched alkanes of at least 4 members (excludes halogenated alkanes) is 2. The van der Waals surface area contributed by atoms with Gasteiger partial charge in [-0.3, -0.25) is 9.89 Å². The van der Waals surface area contributed by atoms with Crippen LogP contribution in [-0.2, 0) is 4.74 Å². The van der Waals surface area contributed by atoms with E-state index in [1.54, 1.807) is 0 Å². The van der Waals surface area contributed by atoms with E-state index >= 15 is 0 Å². The molecular formula is C16H34N4O. The summed E-state index contributed by atoms with van der Waals surface area (Å²) in [5.74, 6) is 0.953. The quantitative estimate of drug-likeness (QED) is 0.387. The highest BCUT2D eigenvalue weighted by molar-refractivity contribution is 5.80. The van der Waals surface area contributed by atoms with Gasteiger partial charge in [0.25, 0.3) is 0 Å². The standard InChI is InChI=1S/C16H34N4O/c1-4-6-7-8-15(3)19-16(17-5-2)18-9-10-20-11-13-21-14-12-20/h15H,4-14H2,1-3H3,(H2,17,18,19). The minimum absolute atomic E-state index is 0.484. The Morgan fingerprint density at radius 2 is 2.00 bits per heavy atom. The molecule has 1 fully saturated rings. The van der Waals surface area contributed by atoms with E-state index in [0.29, 0.717) is 6.04 Å². The second-order valence-corrected chi connectivity index (χ2v) is 5.76. The minimum atomic E-state index is 0.484. The molecule has 0 spiro atoms. The van der Waals surface area contributed by atoms with Crippen LogP contribution >= 0.6 is 0 Å². The molecule has 2 N–H and O–H groups in total. The number of nitrogens with one attached hydrogen (secondary N) is 2. The molecule has 0 radical (unpaired) electrons. The Morgan fingerprint density at radius 3 is 2.67 bits per heavy atom. The number of morpholine rings is 1. The molecule has 0 amide bonds. The van der Waals surface area contributed by atoms with Crippen molar-refractivity contribution in [1.82, 2.24) is 15.5 Å². The van der Waals surface area contributed by atoms with E-state index in [0.717, 1.165) is 51.9 Å². The summed E-state index contributed by atoms with van der Waals surface area (Å²) < 4.78 is 5.36. The molecule has 1 unspecified atom stereocenters. The predicted molar refractivity (Wildman–Crippen MR) is 90.0 cm³/mol. The monoisotopic (exact) mass is 298 g/mol. The first-order valence-corrected chi connectivity index (χ1v) is 8.61. The zero-order valence-corrected chi connectivity index (χ0v) is 14.2. The molecular weight excluding hydrogens is 264 g/mol. The Bertz CT molecular complexity index is 277. The maximum atomic E-state index is 5.36. The molecule has 0 saturated carbocycles. The summed E-state index contributed by atoms with van der Waals surface area (Å²) in [6.45, 7) is 13.2. The van der Waals surface area contributed by atoms with Crippen LogP contribution in [0.2, 0.25) is 0 Å². The summed E-state index contributed by atoms with van der Waals surface area (Å²) in [5, 5.41) is 6.85. The molecule has 1 aliphatic heterocycles. The van der Waals surface area contributed by atoms with Gasteiger partial charge in [-0.05, 0) is 20.3 Å². The second-order valence-electron chi connectivity index (χ2n) is 5.76. The molecule has 21 heavy (non-hydrogen) atoms. The van der Waals surface area contributed by atoms with Gasteiger partial charge in [0.05, 0.1) is 19.8 Å². The van der Waals surface area contributed by atoms with Crippen molar-refractivity contribution in [2.75, 3.05) is 45.9 Å². The Kier molecular flexibility index (Phi) is 10.3. The van der Waals surface area contributed by atoms with Crippen molar-refractivity contribution >= 4 is 5.96 Å². The summed E-state index contributed by atoms with van der Waals surface area (Å²) in [6, 6.07) is 0.484. The van der Waals surface area contributed by atoms with Crippen molar-refractivity contribution in [3.05, 3.63) is 0 Å². The molecule has 0 aromatic rings. The third-order valence-corrected chi connectivity index (χ3v) is 3.76. The Morgan fingerprint density at radius 1 is 1.24 bits per heavy atom. The second kappa shape index (κ2) is 11.8. The number of ether oxygens (including phenoxy) is 1. The zero-order chi connectivity index (χ0) is 15.3. The van der Waals surface area contributed by atoms with Crippen LogP contribution in [0.25, 0.3) is 0 Å². The van der Waals surface area contributed by atoms with Crippen LogP contribution in [0.15, 0.2) is 4.99 Å². The maximum Gasteiger partial charge on any atom is 0.191 e. The van der Waals surface area contributed by atoms with Crippen LogP contribution in [0.3, 0.4) is 0 Å². The van der Waals surface area contributed by atoms with E-state index in [4.69, 9.17) is 4.74 Å². The van der Waals surface area contributed by atoms with E-state index in [-0.39, 0.29) is 0 Å². The smallest absolute Gasteiger partial charge is 0.191 e. The first-order chi connectivity index (χ1) is 10.3. The Labute approximate surface area is 130 Å². The Balaban J connectivity index is 2.27. The van der Waals surface area contributed by atoms with Crippen molar-refractivity contribution in [3.63, 3.8) is 0 Å². The fourth-order valence-electron chi connectivity index (χ4n) is 2.45. The predicted octanol–water partition coefficient (Wildman–Crippen LogP) is 1.84. The molecule has 1 rings (SSSR count). The van der Waals surface area contributed by atoms with E-state index in [1.807, 2.05) is 0 Å². The topological polar surface area (TPSA) is 48.9 Å². The van der Waals surface area contributed by atoms with Crippen LogP contribution in [0.5, 0.6) is 0 Å². The highest BCUT2D eigenvalue weighted by Crippen LogP contribution is 2.02. The summed E-state index contributed by atoms with van der Waals surface area (Å²) in [7, 11) is 0. The lowest BCUT2D eigenvalue weighted by Crippen LogP contribution is -2.43. The van der Waals surface area contributed by atoms with Gasteiger partial charge in [-0.1, -0.05) is 26.2 Å². The molecule has 124 valence electrons. The summed E-state index contributed by atoms with van der Waals surface area (Å²) in [5.41, 5.74) is 0. The van der Waals surface area contributed by atoms with Crippen molar-refractivity contribution in [1.29, 1.82) is 0 Å². The number of guanidine groups is 1. The van der Waals surface area contributed by atoms with E-state index in [1.165, 1.54) is 25.7 Å². The molecule has 5 nitrogen and oxygen atoms in total. The third kappa shape index (κ3) is 8.94. The van der Waals surface area contributed by atoms with Gasteiger partial charge < -0.3 is 15.4 Å². The lowest BCUT2D eigenvalue weighted by Gasteiger charge is -2.26. The molecule has 1 aliphatic rings. The lowest BCUT2D eigenvalue weighted by molar-refractivity contribution is 0.0394. The average molecular weight is 298 g/mol. The molecule has 5 heteroatoms. The van der Waals surface area contributed by atoms with Gasteiger partial charge in [0.2, 0.25) is 0 Å². The van der Waals surface area contributed by atoms with Crippen LogP contribution in [0.4, 0.5) is 0 Å². The first kappa shape index (κ1) is 18.2. The largest absolute Gasteiger partial charge is 0.379 e. The van der Waals surface area contributed by atoms with E-state index in [2.05, 4.69) is 41.3 Å². The van der Waals surface area contributed by atoms with Crippen LogP contribution in [0, 0.1) is 0 Å². The van der Waals surface area contributed by atoms with Crippen molar-refractivity contribution in [3.8, 4) is 0 Å². The fraction of sp³-hybridized carbons (Fsp3) is 0.938. The number of rotatable bonds is 9. The van der Waals surface area contributed by atoms with E-state index in [9.17, 15) is 0 Å². The van der Waals surface area contributed by atoms with Gasteiger partial charge in [-0.25, -0.2) is 0 Å². The fourth-order valence-corrected chi connectivity index (χ4v) is 2.45. The lowest BCUT2D eigenvalue weighted by atomic mass is 10.1. The van der Waals surface area contributed by atoms with E-state index < -0.39 is 0 Å². The minimum Gasteiger partial charge on any atom is -0.379 e. The summed E-state index contributed by atoms with van der Waals surface area (Å²) >= 11 is 0. The number of aliphatic imine (C=N–C) groups is 1. The summed E-state index contributed by atoms with van der Waals surface area (Å²) in [4.78, 5) is 7.11. The molecule has 0 aliphatic carbocycles. The number of nitrogens with zero attached hydrogens (tertiary/aromatic N) is 2. The normalized spacial score (nSPS) is 18.5. The number of hydrogen-bond acceptors (Lipinski definition) is 3. The van der Waals surface area contributed by atoms with Crippen molar-refractivity contribution in [2.45, 2.75) is 52.5 Å². The van der Waals surface area contributed by atoms with Crippen LogP contribution in [-0.4, -0.2) is 62.8 Å². The molecule has 1 heterocycles. The highest BCUT2D eigenvalue weighted by Gasteiger charge is 2.09. The van der Waals surface area contributed by atoms with Gasteiger partial charge in [0, 0.05) is 32.2 Å². The van der Waals surface area contributed by atoms with Gasteiger partial charge >= 0.3 is 0 Å². The summed E-state index contributed by atoms with van der Waals surface area (Å²) in [6.07, 6.45) is 5.09. The number of hydrogen-bond donors (Lipinski definition) is 2. The van der Waals surface area contributed by atoms with Gasteiger partial charge in [-0.15, -0.1) is 0 Å². The SMILES string of the molecule is CCCCCC(C)NC(=NCCN1CCOCC1)NCC. The first-order valence-electron chi connectivity index (χ1n) is 8.61. The van der Waals surface area contributed by atoms with Gasteiger partial charge in [-0.2, -0.15) is 0 Å². The highest BCUT2D eigenvalue weighted by atomic mass is 16.5. The molecule has 0 bridgehead atoms. The van der Waals surface area contributed by atoms with Crippen LogP contribution in [0.1, 0.15) is 46.5 Å². The third-order valence-electron chi connectivity index (χ3n) is 3.76. The Hall–Kier alpha value is -0.810.